The predicted molar refractivity (Wildman–Crippen MR) is 105 cm³/mol. The van der Waals surface area contributed by atoms with Gasteiger partial charge < -0.3 is 4.90 Å². The molecule has 0 spiro atoms. The van der Waals surface area contributed by atoms with E-state index in [-0.39, 0.29) is 23.4 Å². The van der Waals surface area contributed by atoms with Gasteiger partial charge in [0.1, 0.15) is 0 Å². The molecule has 0 saturated carbocycles. The summed E-state index contributed by atoms with van der Waals surface area (Å²) in [6, 6.07) is 4.83. The Balaban J connectivity index is 1.76. The van der Waals surface area contributed by atoms with E-state index >= 15 is 0 Å². The number of hydrogen-bond acceptors (Lipinski definition) is 4. The third-order valence-electron chi connectivity index (χ3n) is 5.31. The van der Waals surface area contributed by atoms with Gasteiger partial charge in [-0.05, 0) is 63.4 Å². The minimum atomic E-state index is -3.63. The average molecular weight is 391 g/mol. The Hall–Kier alpha value is -2.19. The van der Waals surface area contributed by atoms with Gasteiger partial charge in [-0.2, -0.15) is 5.10 Å². The zero-order chi connectivity index (χ0) is 19.9. The number of nitrogens with zero attached hydrogens (tertiary/aromatic N) is 3. The molecular formula is C19H26N4O3S. The zero-order valence-electron chi connectivity index (χ0n) is 16.4. The summed E-state index contributed by atoms with van der Waals surface area (Å²) in [6.45, 7) is 10.3. The number of anilines is 1. The summed E-state index contributed by atoms with van der Waals surface area (Å²) in [7, 11) is -3.63. The second-order valence-electron chi connectivity index (χ2n) is 7.15. The van der Waals surface area contributed by atoms with Crippen molar-refractivity contribution in [1.82, 2.24) is 14.5 Å². The van der Waals surface area contributed by atoms with Gasteiger partial charge in [-0.25, -0.2) is 13.1 Å². The lowest BCUT2D eigenvalue weighted by Crippen LogP contribution is -2.30. The van der Waals surface area contributed by atoms with Gasteiger partial charge in [0.15, 0.2) is 0 Å². The van der Waals surface area contributed by atoms with Crippen LogP contribution in [0.25, 0.3) is 0 Å². The third-order valence-corrected chi connectivity index (χ3v) is 6.73. The van der Waals surface area contributed by atoms with Crippen LogP contribution in [0.2, 0.25) is 0 Å². The van der Waals surface area contributed by atoms with Crippen LogP contribution >= 0.6 is 0 Å². The monoisotopic (exact) mass is 390 g/mol. The summed E-state index contributed by atoms with van der Waals surface area (Å²) in [4.78, 5) is 13.5. The standard InChI is InChI=1S/C19H26N4O3S/c1-12(23-15(4)13(2)14(3)21-23)11-20-27(25,26)18-6-7-19-17(10-18)8-9-22(19)16(5)24/h6-7,10,12,20H,8-9,11H2,1-5H3/t12-/m0/s1. The van der Waals surface area contributed by atoms with Gasteiger partial charge in [-0.1, -0.05) is 0 Å². The molecule has 0 aliphatic carbocycles. The molecule has 0 bridgehead atoms. The Bertz CT molecular complexity index is 995. The van der Waals surface area contributed by atoms with E-state index in [9.17, 15) is 13.2 Å². The topological polar surface area (TPSA) is 84.3 Å². The first-order valence-corrected chi connectivity index (χ1v) is 10.5. The Labute approximate surface area is 160 Å². The first-order valence-electron chi connectivity index (χ1n) is 9.05. The van der Waals surface area contributed by atoms with Crippen molar-refractivity contribution >= 4 is 21.6 Å². The number of carbonyl (C=O) groups is 1. The van der Waals surface area contributed by atoms with E-state index in [2.05, 4.69) is 9.82 Å². The Morgan fingerprint density at radius 1 is 1.30 bits per heavy atom. The first-order chi connectivity index (χ1) is 12.6. The number of aryl methyl sites for hydroxylation is 1. The van der Waals surface area contributed by atoms with Crippen molar-refractivity contribution in [3.63, 3.8) is 0 Å². The molecule has 1 aromatic heterocycles. The smallest absolute Gasteiger partial charge is 0.240 e. The first kappa shape index (κ1) is 19.6. The minimum absolute atomic E-state index is 0.0310. The second kappa shape index (κ2) is 7.09. The molecule has 2 heterocycles. The van der Waals surface area contributed by atoms with Crippen LogP contribution in [0.1, 0.15) is 42.4 Å². The molecule has 1 aliphatic rings. The fraction of sp³-hybridized carbons (Fsp3) is 0.474. The molecule has 1 aromatic carbocycles. The van der Waals surface area contributed by atoms with Gasteiger partial charge in [0, 0.05) is 31.4 Å². The summed E-state index contributed by atoms with van der Waals surface area (Å²) in [6.07, 6.45) is 0.666. The average Bonchev–Trinajstić information content (AvgIpc) is 3.16. The van der Waals surface area contributed by atoms with Crippen molar-refractivity contribution < 1.29 is 13.2 Å². The maximum absolute atomic E-state index is 12.7. The zero-order valence-corrected chi connectivity index (χ0v) is 17.2. The molecule has 0 radical (unpaired) electrons. The molecule has 27 heavy (non-hydrogen) atoms. The lowest BCUT2D eigenvalue weighted by atomic mass is 10.2. The van der Waals surface area contributed by atoms with Crippen molar-refractivity contribution in [1.29, 1.82) is 0 Å². The van der Waals surface area contributed by atoms with Gasteiger partial charge in [0.25, 0.3) is 0 Å². The fourth-order valence-electron chi connectivity index (χ4n) is 3.45. The van der Waals surface area contributed by atoms with Crippen molar-refractivity contribution in [2.45, 2.75) is 52.0 Å². The molecule has 0 fully saturated rings. The normalized spacial score (nSPS) is 15.1. The molecule has 146 valence electrons. The number of amides is 1. The highest BCUT2D eigenvalue weighted by Crippen LogP contribution is 2.30. The highest BCUT2D eigenvalue weighted by atomic mass is 32.2. The number of rotatable bonds is 5. The Kier molecular flexibility index (Phi) is 5.14. The van der Waals surface area contributed by atoms with Crippen molar-refractivity contribution in [2.75, 3.05) is 18.0 Å². The van der Waals surface area contributed by atoms with E-state index < -0.39 is 10.0 Å². The Morgan fingerprint density at radius 2 is 2.00 bits per heavy atom. The molecule has 7 nitrogen and oxygen atoms in total. The van der Waals surface area contributed by atoms with Gasteiger partial charge in [-0.3, -0.25) is 9.48 Å². The maximum Gasteiger partial charge on any atom is 0.240 e. The minimum Gasteiger partial charge on any atom is -0.312 e. The number of sulfonamides is 1. The van der Waals surface area contributed by atoms with Gasteiger partial charge in [-0.15, -0.1) is 0 Å². The lowest BCUT2D eigenvalue weighted by Gasteiger charge is -2.17. The van der Waals surface area contributed by atoms with E-state index in [1.165, 1.54) is 6.92 Å². The van der Waals surface area contributed by atoms with Crippen LogP contribution in [0.15, 0.2) is 23.1 Å². The van der Waals surface area contributed by atoms with Crippen LogP contribution in [0.5, 0.6) is 0 Å². The molecule has 0 saturated heterocycles. The third kappa shape index (κ3) is 3.64. The molecule has 1 aliphatic heterocycles. The number of hydrogen-bond donors (Lipinski definition) is 1. The fourth-order valence-corrected chi connectivity index (χ4v) is 4.62. The summed E-state index contributed by atoms with van der Waals surface area (Å²) in [5.41, 5.74) is 4.80. The highest BCUT2D eigenvalue weighted by molar-refractivity contribution is 7.89. The van der Waals surface area contributed by atoms with Crippen LogP contribution in [-0.4, -0.2) is 37.2 Å². The molecule has 8 heteroatoms. The van der Waals surface area contributed by atoms with Gasteiger partial charge >= 0.3 is 0 Å². The quantitative estimate of drug-likeness (QED) is 0.849. The van der Waals surface area contributed by atoms with Crippen LogP contribution < -0.4 is 9.62 Å². The Morgan fingerprint density at radius 3 is 2.59 bits per heavy atom. The van der Waals surface area contributed by atoms with Crippen LogP contribution in [0.4, 0.5) is 5.69 Å². The molecule has 1 atom stereocenters. The highest BCUT2D eigenvalue weighted by Gasteiger charge is 2.25. The summed E-state index contributed by atoms with van der Waals surface area (Å²) in [5, 5.41) is 4.50. The van der Waals surface area contributed by atoms with Crippen LogP contribution in [0, 0.1) is 20.8 Å². The predicted octanol–water partition coefficient (Wildman–Crippen LogP) is 2.26. The molecule has 1 N–H and O–H groups in total. The molecule has 0 unspecified atom stereocenters. The van der Waals surface area contributed by atoms with Crippen molar-refractivity contribution in [3.05, 3.63) is 40.7 Å². The van der Waals surface area contributed by atoms with E-state index in [1.54, 1.807) is 23.1 Å². The summed E-state index contributed by atoms with van der Waals surface area (Å²) >= 11 is 0. The largest absolute Gasteiger partial charge is 0.312 e. The van der Waals surface area contributed by atoms with E-state index in [1.807, 2.05) is 32.4 Å². The number of fused-ring (bicyclic) bond motifs is 1. The SMILES string of the molecule is CC(=O)N1CCc2cc(S(=O)(=O)NC[C@H](C)n3nc(C)c(C)c3C)ccc21. The number of benzene rings is 1. The number of carbonyl (C=O) groups excluding carboxylic acids is 1. The van der Waals surface area contributed by atoms with Crippen LogP contribution in [0.3, 0.4) is 0 Å². The van der Waals surface area contributed by atoms with Gasteiger partial charge in [0.05, 0.1) is 16.6 Å². The number of aromatic nitrogens is 2. The molecule has 2 aromatic rings. The van der Waals surface area contributed by atoms with E-state index in [0.717, 1.165) is 28.2 Å². The summed E-state index contributed by atoms with van der Waals surface area (Å²) < 4.78 is 30.0. The van der Waals surface area contributed by atoms with Crippen molar-refractivity contribution in [2.24, 2.45) is 0 Å². The lowest BCUT2D eigenvalue weighted by molar-refractivity contribution is -0.116. The van der Waals surface area contributed by atoms with Gasteiger partial charge in [0.2, 0.25) is 15.9 Å². The maximum atomic E-state index is 12.7. The summed E-state index contributed by atoms with van der Waals surface area (Å²) in [5.74, 6) is -0.0310. The van der Waals surface area contributed by atoms with Crippen LogP contribution in [-0.2, 0) is 21.2 Å². The molecule has 1 amide bonds. The van der Waals surface area contributed by atoms with E-state index in [0.29, 0.717) is 13.0 Å². The van der Waals surface area contributed by atoms with Crippen molar-refractivity contribution in [3.8, 4) is 0 Å². The molecular weight excluding hydrogens is 364 g/mol. The molecule has 3 rings (SSSR count). The number of nitrogens with one attached hydrogen (secondary N) is 1. The second-order valence-corrected chi connectivity index (χ2v) is 8.92. The van der Waals surface area contributed by atoms with E-state index in [4.69, 9.17) is 0 Å².